The monoisotopic (exact) mass is 112 g/mol. The van der Waals surface area contributed by atoms with Crippen molar-refractivity contribution >= 4 is 6.29 Å². The van der Waals surface area contributed by atoms with Crippen LogP contribution in [0.1, 0.15) is 19.8 Å². The molecule has 0 fully saturated rings. The van der Waals surface area contributed by atoms with Gasteiger partial charge in [-0.2, -0.15) is 0 Å². The molecule has 0 aromatic rings. The van der Waals surface area contributed by atoms with Crippen molar-refractivity contribution in [1.82, 2.24) is 0 Å². The minimum Gasteiger partial charge on any atom is -0.303 e. The quantitative estimate of drug-likeness (QED) is 0.400. The molecule has 0 bridgehead atoms. The van der Waals surface area contributed by atoms with E-state index in [-0.39, 0.29) is 0 Å². The highest BCUT2D eigenvalue weighted by atomic mass is 16.1. The number of carbonyl (C=O) groups is 1. The van der Waals surface area contributed by atoms with E-state index < -0.39 is 0 Å². The Morgan fingerprint density at radius 1 is 1.75 bits per heavy atom. The van der Waals surface area contributed by atoms with Gasteiger partial charge in [-0.15, -0.1) is 6.58 Å². The topological polar surface area (TPSA) is 17.1 Å². The Kier molecular flexibility index (Phi) is 4.23. The SMILES string of the molecule is C=C[C@H](C)CCC=O. The van der Waals surface area contributed by atoms with Crippen LogP contribution in [0.2, 0.25) is 0 Å². The molecular weight excluding hydrogens is 100 g/mol. The molecule has 0 N–H and O–H groups in total. The highest BCUT2D eigenvalue weighted by molar-refractivity contribution is 5.49. The molecule has 0 aromatic carbocycles. The maximum absolute atomic E-state index is 9.79. The van der Waals surface area contributed by atoms with Crippen molar-refractivity contribution in [3.05, 3.63) is 12.7 Å². The van der Waals surface area contributed by atoms with Crippen molar-refractivity contribution in [2.75, 3.05) is 0 Å². The molecule has 0 aromatic heterocycles. The molecule has 0 rings (SSSR count). The van der Waals surface area contributed by atoms with Crippen LogP contribution in [0.25, 0.3) is 0 Å². The normalized spacial score (nSPS) is 12.6. The maximum Gasteiger partial charge on any atom is 0.120 e. The molecule has 46 valence electrons. The van der Waals surface area contributed by atoms with Crippen LogP contribution in [-0.4, -0.2) is 6.29 Å². The van der Waals surface area contributed by atoms with E-state index in [4.69, 9.17) is 0 Å². The van der Waals surface area contributed by atoms with Gasteiger partial charge >= 0.3 is 0 Å². The molecule has 1 heteroatoms. The lowest BCUT2D eigenvalue weighted by Gasteiger charge is -1.98. The Morgan fingerprint density at radius 3 is 2.75 bits per heavy atom. The van der Waals surface area contributed by atoms with Crippen LogP contribution in [0.3, 0.4) is 0 Å². The molecule has 0 aliphatic rings. The van der Waals surface area contributed by atoms with Gasteiger partial charge in [0.1, 0.15) is 6.29 Å². The second kappa shape index (κ2) is 4.57. The van der Waals surface area contributed by atoms with Crippen molar-refractivity contribution in [3.8, 4) is 0 Å². The number of carbonyl (C=O) groups excluding carboxylic acids is 1. The second-order valence-electron chi connectivity index (χ2n) is 1.96. The predicted molar refractivity (Wildman–Crippen MR) is 34.7 cm³/mol. The predicted octanol–water partition coefficient (Wildman–Crippen LogP) is 1.79. The van der Waals surface area contributed by atoms with Gasteiger partial charge in [0.2, 0.25) is 0 Å². The standard InChI is InChI=1S/C7H12O/c1-3-7(2)5-4-6-8/h3,6-7H,1,4-5H2,2H3/t7-/m0/s1. The average Bonchev–Trinajstić information content (AvgIpc) is 1.83. The molecule has 0 radical (unpaired) electrons. The van der Waals surface area contributed by atoms with Crippen LogP contribution in [0.4, 0.5) is 0 Å². The van der Waals surface area contributed by atoms with Gasteiger partial charge in [-0.3, -0.25) is 0 Å². The molecule has 1 nitrogen and oxygen atoms in total. The zero-order chi connectivity index (χ0) is 6.41. The number of hydrogen-bond donors (Lipinski definition) is 0. The van der Waals surface area contributed by atoms with E-state index in [1.807, 2.05) is 6.08 Å². The van der Waals surface area contributed by atoms with E-state index in [0.29, 0.717) is 12.3 Å². The Labute approximate surface area is 50.4 Å². The van der Waals surface area contributed by atoms with Crippen molar-refractivity contribution in [1.29, 1.82) is 0 Å². The molecule has 0 amide bonds. The van der Waals surface area contributed by atoms with Gasteiger partial charge in [-0.1, -0.05) is 13.0 Å². The summed E-state index contributed by atoms with van der Waals surface area (Å²) in [5, 5.41) is 0. The molecule has 8 heavy (non-hydrogen) atoms. The number of hydrogen-bond acceptors (Lipinski definition) is 1. The van der Waals surface area contributed by atoms with Gasteiger partial charge in [0.25, 0.3) is 0 Å². The fraction of sp³-hybridized carbons (Fsp3) is 0.571. The van der Waals surface area contributed by atoms with Crippen LogP contribution in [0.15, 0.2) is 12.7 Å². The Bertz CT molecular complexity index is 76.5. The van der Waals surface area contributed by atoms with Crippen LogP contribution in [0.5, 0.6) is 0 Å². The summed E-state index contributed by atoms with van der Waals surface area (Å²) in [6, 6.07) is 0. The lowest BCUT2D eigenvalue weighted by atomic mass is 10.1. The molecule has 0 saturated carbocycles. The number of aldehydes is 1. The van der Waals surface area contributed by atoms with Crippen molar-refractivity contribution in [2.45, 2.75) is 19.8 Å². The first-order valence-corrected chi connectivity index (χ1v) is 2.87. The average molecular weight is 112 g/mol. The summed E-state index contributed by atoms with van der Waals surface area (Å²) < 4.78 is 0. The van der Waals surface area contributed by atoms with E-state index in [1.165, 1.54) is 0 Å². The third kappa shape index (κ3) is 3.59. The summed E-state index contributed by atoms with van der Waals surface area (Å²) >= 11 is 0. The minimum atomic E-state index is 0.486. The highest BCUT2D eigenvalue weighted by Crippen LogP contribution is 2.02. The van der Waals surface area contributed by atoms with Gasteiger partial charge in [0, 0.05) is 6.42 Å². The third-order valence-electron chi connectivity index (χ3n) is 1.14. The molecule has 0 spiro atoms. The van der Waals surface area contributed by atoms with Crippen LogP contribution in [-0.2, 0) is 4.79 Å². The summed E-state index contributed by atoms with van der Waals surface area (Å²) in [4.78, 5) is 9.79. The zero-order valence-electron chi connectivity index (χ0n) is 5.26. The van der Waals surface area contributed by atoms with E-state index in [9.17, 15) is 4.79 Å². The number of allylic oxidation sites excluding steroid dienone is 1. The molecule has 0 aliphatic carbocycles. The van der Waals surface area contributed by atoms with Gasteiger partial charge in [-0.05, 0) is 12.3 Å². The smallest absolute Gasteiger partial charge is 0.120 e. The summed E-state index contributed by atoms with van der Waals surface area (Å²) in [7, 11) is 0. The highest BCUT2D eigenvalue weighted by Gasteiger charge is 1.91. The maximum atomic E-state index is 9.79. The first kappa shape index (κ1) is 7.41. The van der Waals surface area contributed by atoms with E-state index >= 15 is 0 Å². The number of rotatable bonds is 4. The summed E-state index contributed by atoms with van der Waals surface area (Å²) in [5.41, 5.74) is 0. The first-order chi connectivity index (χ1) is 3.81. The fourth-order valence-electron chi connectivity index (χ4n) is 0.449. The molecule has 0 aliphatic heterocycles. The molecule has 0 saturated heterocycles. The molecule has 0 heterocycles. The fourth-order valence-corrected chi connectivity index (χ4v) is 0.449. The third-order valence-corrected chi connectivity index (χ3v) is 1.14. The van der Waals surface area contributed by atoms with E-state index in [1.54, 1.807) is 0 Å². The Hall–Kier alpha value is -0.590. The summed E-state index contributed by atoms with van der Waals surface area (Å²) in [5.74, 6) is 0.486. The lowest BCUT2D eigenvalue weighted by Crippen LogP contribution is -1.87. The van der Waals surface area contributed by atoms with Crippen LogP contribution in [0, 0.1) is 5.92 Å². The molecular formula is C7H12O. The summed E-state index contributed by atoms with van der Waals surface area (Å²) in [6.07, 6.45) is 4.41. The van der Waals surface area contributed by atoms with Gasteiger partial charge < -0.3 is 4.79 Å². The van der Waals surface area contributed by atoms with Crippen molar-refractivity contribution in [2.24, 2.45) is 5.92 Å². The Balaban J connectivity index is 3.09. The van der Waals surface area contributed by atoms with Crippen LogP contribution >= 0.6 is 0 Å². The summed E-state index contributed by atoms with van der Waals surface area (Å²) in [6.45, 7) is 5.65. The minimum absolute atomic E-state index is 0.486. The Morgan fingerprint density at radius 2 is 2.38 bits per heavy atom. The first-order valence-electron chi connectivity index (χ1n) is 2.87. The molecule has 0 unspecified atom stereocenters. The van der Waals surface area contributed by atoms with E-state index in [2.05, 4.69) is 13.5 Å². The van der Waals surface area contributed by atoms with Crippen molar-refractivity contribution in [3.63, 3.8) is 0 Å². The largest absolute Gasteiger partial charge is 0.303 e. The van der Waals surface area contributed by atoms with E-state index in [0.717, 1.165) is 12.7 Å². The lowest BCUT2D eigenvalue weighted by molar-refractivity contribution is -0.108. The second-order valence-corrected chi connectivity index (χ2v) is 1.96. The van der Waals surface area contributed by atoms with Gasteiger partial charge in [-0.25, -0.2) is 0 Å². The van der Waals surface area contributed by atoms with Gasteiger partial charge in [0.05, 0.1) is 0 Å². The van der Waals surface area contributed by atoms with Crippen LogP contribution < -0.4 is 0 Å². The molecule has 1 atom stereocenters. The zero-order valence-corrected chi connectivity index (χ0v) is 5.26. The van der Waals surface area contributed by atoms with Crippen molar-refractivity contribution < 1.29 is 4.79 Å². The van der Waals surface area contributed by atoms with Gasteiger partial charge in [0.15, 0.2) is 0 Å².